The summed E-state index contributed by atoms with van der Waals surface area (Å²) in [5.41, 5.74) is 0. The quantitative estimate of drug-likeness (QED) is 0.647. The van der Waals surface area contributed by atoms with E-state index in [1.54, 1.807) is 0 Å². The number of carbonyl (C=O) groups excluding carboxylic acids is 2. The van der Waals surface area contributed by atoms with Gasteiger partial charge in [0, 0.05) is 27.4 Å². The van der Waals surface area contributed by atoms with E-state index < -0.39 is 30.4 Å². The molecule has 0 spiro atoms. The number of hydrogen-bond acceptors (Lipinski definition) is 6. The fraction of sp³-hybridized carbons (Fsp3) is 0.800. The molecule has 1 saturated heterocycles. The van der Waals surface area contributed by atoms with Crippen LogP contribution in [-0.4, -0.2) is 44.2 Å². The molecule has 1 aliphatic heterocycles. The van der Waals surface area contributed by atoms with Crippen LogP contribution in [0.3, 0.4) is 0 Å². The topological polar surface area (TPSA) is 71.1 Å². The van der Waals surface area contributed by atoms with Gasteiger partial charge in [-0.1, -0.05) is 0 Å². The highest BCUT2D eigenvalue weighted by Gasteiger charge is 2.38. The lowest BCUT2D eigenvalue weighted by molar-refractivity contribution is -0.161. The normalized spacial score (nSPS) is 28.8. The predicted octanol–water partition coefficient (Wildman–Crippen LogP) is 0.243. The number of ether oxygens (including phenoxy) is 4. The number of carbonyl (C=O) groups is 2. The van der Waals surface area contributed by atoms with Crippen LogP contribution in [0.5, 0.6) is 0 Å². The van der Waals surface area contributed by atoms with Gasteiger partial charge in [0.15, 0.2) is 6.29 Å². The third kappa shape index (κ3) is 3.79. The van der Waals surface area contributed by atoms with Crippen molar-refractivity contribution in [2.45, 2.75) is 38.8 Å². The number of rotatable bonds is 4. The maximum atomic E-state index is 10.9. The minimum atomic E-state index is -0.460. The molecule has 6 nitrogen and oxygen atoms in total. The summed E-state index contributed by atoms with van der Waals surface area (Å²) < 4.78 is 20.3. The zero-order valence-electron chi connectivity index (χ0n) is 9.60. The first kappa shape index (κ1) is 12.9. The molecule has 0 aromatic heterocycles. The highest BCUT2D eigenvalue weighted by Crippen LogP contribution is 2.24. The average molecular weight is 232 g/mol. The van der Waals surface area contributed by atoms with Crippen LogP contribution in [0.1, 0.15) is 20.3 Å². The molecule has 0 aromatic rings. The Balaban J connectivity index is 2.49. The fourth-order valence-corrected chi connectivity index (χ4v) is 1.51. The summed E-state index contributed by atoms with van der Waals surface area (Å²) in [5.74, 6) is -0.788. The molecule has 1 aliphatic rings. The van der Waals surface area contributed by atoms with Crippen molar-refractivity contribution in [2.24, 2.45) is 0 Å². The Morgan fingerprint density at radius 2 is 2.00 bits per heavy atom. The van der Waals surface area contributed by atoms with Gasteiger partial charge in [0.05, 0.1) is 0 Å². The van der Waals surface area contributed by atoms with E-state index in [0.29, 0.717) is 6.42 Å². The van der Waals surface area contributed by atoms with Gasteiger partial charge in [0.1, 0.15) is 18.8 Å². The monoisotopic (exact) mass is 232 g/mol. The molecular weight excluding hydrogens is 216 g/mol. The summed E-state index contributed by atoms with van der Waals surface area (Å²) in [6, 6.07) is 0. The van der Waals surface area contributed by atoms with Gasteiger partial charge in [0.25, 0.3) is 0 Å². The molecule has 1 rings (SSSR count). The van der Waals surface area contributed by atoms with Gasteiger partial charge < -0.3 is 18.9 Å². The number of methoxy groups -OCH3 is 1. The van der Waals surface area contributed by atoms with Gasteiger partial charge in [-0.15, -0.1) is 0 Å². The second-order valence-electron chi connectivity index (χ2n) is 3.53. The Bertz CT molecular complexity index is 264. The number of esters is 2. The van der Waals surface area contributed by atoms with Crippen molar-refractivity contribution < 1.29 is 28.5 Å². The maximum absolute atomic E-state index is 10.9. The van der Waals surface area contributed by atoms with E-state index in [-0.39, 0.29) is 6.61 Å². The first-order valence-corrected chi connectivity index (χ1v) is 5.01. The van der Waals surface area contributed by atoms with E-state index in [4.69, 9.17) is 18.9 Å². The van der Waals surface area contributed by atoms with Crippen molar-refractivity contribution in [1.82, 2.24) is 0 Å². The van der Waals surface area contributed by atoms with E-state index in [2.05, 4.69) is 0 Å². The lowest BCUT2D eigenvalue weighted by Crippen LogP contribution is -2.31. The van der Waals surface area contributed by atoms with E-state index in [9.17, 15) is 9.59 Å². The Hall–Kier alpha value is -1.14. The van der Waals surface area contributed by atoms with Crippen LogP contribution in [-0.2, 0) is 28.5 Å². The molecule has 92 valence electrons. The summed E-state index contributed by atoms with van der Waals surface area (Å²) in [6.07, 6.45) is -0.869. The molecule has 0 bridgehead atoms. The third-order valence-corrected chi connectivity index (χ3v) is 2.20. The molecule has 0 amide bonds. The highest BCUT2D eigenvalue weighted by atomic mass is 16.7. The second kappa shape index (κ2) is 5.81. The molecule has 0 N–H and O–H groups in total. The maximum Gasteiger partial charge on any atom is 0.303 e. The van der Waals surface area contributed by atoms with Gasteiger partial charge in [-0.05, 0) is 0 Å². The molecule has 0 unspecified atom stereocenters. The van der Waals surface area contributed by atoms with Crippen molar-refractivity contribution in [3.8, 4) is 0 Å². The first-order valence-electron chi connectivity index (χ1n) is 5.01. The largest absolute Gasteiger partial charge is 0.463 e. The van der Waals surface area contributed by atoms with Crippen LogP contribution in [0.25, 0.3) is 0 Å². The summed E-state index contributed by atoms with van der Waals surface area (Å²) in [7, 11) is 1.50. The van der Waals surface area contributed by atoms with Crippen molar-refractivity contribution in [2.75, 3.05) is 13.7 Å². The van der Waals surface area contributed by atoms with E-state index in [1.807, 2.05) is 0 Å². The van der Waals surface area contributed by atoms with Crippen molar-refractivity contribution in [1.29, 1.82) is 0 Å². The molecule has 1 fully saturated rings. The molecule has 0 saturated carbocycles. The summed E-state index contributed by atoms with van der Waals surface area (Å²) in [4.78, 5) is 21.5. The minimum absolute atomic E-state index is 0.0626. The van der Waals surface area contributed by atoms with Gasteiger partial charge in [-0.3, -0.25) is 9.59 Å². The Kier molecular flexibility index (Phi) is 4.70. The molecular formula is C10H16O6. The summed E-state index contributed by atoms with van der Waals surface area (Å²) in [6.45, 7) is 2.69. The highest BCUT2D eigenvalue weighted by molar-refractivity contribution is 5.66. The second-order valence-corrected chi connectivity index (χ2v) is 3.53. The van der Waals surface area contributed by atoms with Gasteiger partial charge in [-0.25, -0.2) is 0 Å². The standard InChI is InChI=1S/C10H16O6/c1-6(11)14-5-9-8(15-7(2)12)4-10(13-3)16-9/h8-10H,4-5H2,1-3H3/t8-,9+,10+/m0/s1. The predicted molar refractivity (Wildman–Crippen MR) is 52.5 cm³/mol. The van der Waals surface area contributed by atoms with Crippen LogP contribution >= 0.6 is 0 Å². The Labute approximate surface area is 93.8 Å². The SMILES string of the molecule is CO[C@H]1C[C@H](OC(C)=O)[C@@H](COC(C)=O)O1. The smallest absolute Gasteiger partial charge is 0.303 e. The minimum Gasteiger partial charge on any atom is -0.463 e. The molecule has 0 radical (unpaired) electrons. The first-order chi connectivity index (χ1) is 7.52. The number of hydrogen-bond donors (Lipinski definition) is 0. The third-order valence-electron chi connectivity index (χ3n) is 2.20. The molecule has 0 aliphatic carbocycles. The van der Waals surface area contributed by atoms with Gasteiger partial charge in [-0.2, -0.15) is 0 Å². The molecule has 1 heterocycles. The van der Waals surface area contributed by atoms with Gasteiger partial charge >= 0.3 is 11.9 Å². The lowest BCUT2D eigenvalue weighted by atomic mass is 10.2. The van der Waals surface area contributed by atoms with Crippen molar-refractivity contribution >= 4 is 11.9 Å². The van der Waals surface area contributed by atoms with Crippen LogP contribution in [0.4, 0.5) is 0 Å². The van der Waals surface area contributed by atoms with Gasteiger partial charge in [0.2, 0.25) is 0 Å². The molecule has 0 aromatic carbocycles. The van der Waals surface area contributed by atoms with E-state index in [1.165, 1.54) is 21.0 Å². The van der Waals surface area contributed by atoms with E-state index >= 15 is 0 Å². The lowest BCUT2D eigenvalue weighted by Gasteiger charge is -2.17. The van der Waals surface area contributed by atoms with E-state index in [0.717, 1.165) is 0 Å². The van der Waals surface area contributed by atoms with Crippen LogP contribution < -0.4 is 0 Å². The zero-order chi connectivity index (χ0) is 12.1. The summed E-state index contributed by atoms with van der Waals surface area (Å²) >= 11 is 0. The Morgan fingerprint density at radius 1 is 1.31 bits per heavy atom. The van der Waals surface area contributed by atoms with Crippen LogP contribution in [0, 0.1) is 0 Å². The fourth-order valence-electron chi connectivity index (χ4n) is 1.51. The molecule has 3 atom stereocenters. The molecule has 6 heteroatoms. The van der Waals surface area contributed by atoms with Crippen molar-refractivity contribution in [3.05, 3.63) is 0 Å². The van der Waals surface area contributed by atoms with Crippen molar-refractivity contribution in [3.63, 3.8) is 0 Å². The average Bonchev–Trinajstić information content (AvgIpc) is 2.56. The summed E-state index contributed by atoms with van der Waals surface area (Å²) in [5, 5.41) is 0. The Morgan fingerprint density at radius 3 is 2.50 bits per heavy atom. The molecule has 16 heavy (non-hydrogen) atoms. The zero-order valence-corrected chi connectivity index (χ0v) is 9.60. The van der Waals surface area contributed by atoms with Crippen LogP contribution in [0.2, 0.25) is 0 Å². The van der Waals surface area contributed by atoms with Crippen LogP contribution in [0.15, 0.2) is 0 Å².